The molecule has 0 aliphatic rings. The van der Waals surface area contributed by atoms with Crippen LogP contribution in [0.5, 0.6) is 0 Å². The Morgan fingerprint density at radius 2 is 1.76 bits per heavy atom. The van der Waals surface area contributed by atoms with Crippen LogP contribution >= 0.6 is 0 Å². The van der Waals surface area contributed by atoms with Gasteiger partial charge in [-0.05, 0) is 18.6 Å². The Hall–Kier alpha value is -2.71. The summed E-state index contributed by atoms with van der Waals surface area (Å²) in [6.07, 6.45) is -0.429. The Bertz CT molecular complexity index is 545. The lowest BCUT2D eigenvalue weighted by molar-refractivity contribution is -0.139. The van der Waals surface area contributed by atoms with E-state index < -0.39 is 35.6 Å². The number of aliphatic carboxylic acids is 1. The summed E-state index contributed by atoms with van der Waals surface area (Å²) in [5, 5.41) is 13.0. The maximum Gasteiger partial charge on any atom is 0.326 e. The molecule has 1 unspecified atom stereocenters. The number of carboxylic acid groups (broad SMARTS) is 1. The number of hydrogen-bond acceptors (Lipinski definition) is 3. The molecule has 0 radical (unpaired) electrons. The maximum absolute atomic E-state index is 12.9. The molecule has 0 aliphatic carbocycles. The molecule has 1 atom stereocenters. The molecule has 0 aliphatic heterocycles. The first-order chi connectivity index (χ1) is 9.77. The van der Waals surface area contributed by atoms with Gasteiger partial charge in [0.1, 0.15) is 17.7 Å². The van der Waals surface area contributed by atoms with Crippen molar-refractivity contribution >= 4 is 23.6 Å². The predicted molar refractivity (Wildman–Crippen MR) is 68.4 cm³/mol. The highest BCUT2D eigenvalue weighted by molar-refractivity contribution is 5.92. The second-order valence-electron chi connectivity index (χ2n) is 4.15. The van der Waals surface area contributed by atoms with Crippen LogP contribution in [-0.2, 0) is 9.59 Å². The monoisotopic (exact) mass is 301 g/mol. The fourth-order valence-corrected chi connectivity index (χ4v) is 1.50. The molecule has 7 nitrogen and oxygen atoms in total. The van der Waals surface area contributed by atoms with Crippen molar-refractivity contribution in [1.82, 2.24) is 5.32 Å². The van der Waals surface area contributed by atoms with Crippen LogP contribution in [0.1, 0.15) is 12.8 Å². The first kappa shape index (κ1) is 16.3. The highest BCUT2D eigenvalue weighted by atomic mass is 19.1. The minimum absolute atomic E-state index is 0.177. The standard InChI is InChI=1S/C12H13F2N3O4/c13-6-3-7(14)5-8(4-6)16-12(21)17-9(11(19)20)1-2-10(15)18/h3-5,9H,1-2H2,(H2,15,18)(H,19,20)(H2,16,17,21). The topological polar surface area (TPSA) is 122 Å². The van der Waals surface area contributed by atoms with Gasteiger partial charge < -0.3 is 21.5 Å². The summed E-state index contributed by atoms with van der Waals surface area (Å²) < 4.78 is 25.8. The van der Waals surface area contributed by atoms with Crippen molar-refractivity contribution in [2.75, 3.05) is 5.32 Å². The Labute approximate surface area is 118 Å². The molecule has 0 aromatic heterocycles. The van der Waals surface area contributed by atoms with Crippen LogP contribution in [0.15, 0.2) is 18.2 Å². The lowest BCUT2D eigenvalue weighted by Gasteiger charge is -2.14. The largest absolute Gasteiger partial charge is 0.480 e. The number of anilines is 1. The fourth-order valence-electron chi connectivity index (χ4n) is 1.50. The van der Waals surface area contributed by atoms with Crippen LogP contribution < -0.4 is 16.4 Å². The van der Waals surface area contributed by atoms with Crippen molar-refractivity contribution in [3.05, 3.63) is 29.8 Å². The minimum Gasteiger partial charge on any atom is -0.480 e. The molecule has 0 saturated heterocycles. The van der Waals surface area contributed by atoms with Crippen molar-refractivity contribution in [2.24, 2.45) is 5.73 Å². The molecule has 114 valence electrons. The van der Waals surface area contributed by atoms with Gasteiger partial charge in [0.15, 0.2) is 0 Å². The Morgan fingerprint density at radius 1 is 1.19 bits per heavy atom. The number of nitrogens with two attached hydrogens (primary N) is 1. The lowest BCUT2D eigenvalue weighted by Crippen LogP contribution is -2.43. The molecule has 5 N–H and O–H groups in total. The second-order valence-corrected chi connectivity index (χ2v) is 4.15. The molecule has 1 rings (SSSR count). The molecule has 3 amide bonds. The zero-order valence-electron chi connectivity index (χ0n) is 10.7. The van der Waals surface area contributed by atoms with Gasteiger partial charge >= 0.3 is 12.0 Å². The van der Waals surface area contributed by atoms with Gasteiger partial charge in [-0.1, -0.05) is 0 Å². The molecular weight excluding hydrogens is 288 g/mol. The minimum atomic E-state index is -1.36. The van der Waals surface area contributed by atoms with Gasteiger partial charge in [-0.2, -0.15) is 0 Å². The summed E-state index contributed by atoms with van der Waals surface area (Å²) in [7, 11) is 0. The van der Waals surface area contributed by atoms with E-state index >= 15 is 0 Å². The van der Waals surface area contributed by atoms with E-state index in [4.69, 9.17) is 10.8 Å². The summed E-state index contributed by atoms with van der Waals surface area (Å²) in [5.41, 5.74) is 4.71. The zero-order chi connectivity index (χ0) is 16.0. The van der Waals surface area contributed by atoms with Gasteiger partial charge in [-0.3, -0.25) is 4.79 Å². The average Bonchev–Trinajstić information content (AvgIpc) is 2.32. The first-order valence-corrected chi connectivity index (χ1v) is 5.82. The molecular formula is C12H13F2N3O4. The molecule has 0 heterocycles. The third-order valence-corrected chi connectivity index (χ3v) is 2.40. The molecule has 0 spiro atoms. The molecule has 1 aromatic carbocycles. The smallest absolute Gasteiger partial charge is 0.326 e. The Kier molecular flexibility index (Phi) is 5.58. The number of halogens is 2. The third-order valence-electron chi connectivity index (χ3n) is 2.40. The SMILES string of the molecule is NC(=O)CCC(NC(=O)Nc1cc(F)cc(F)c1)C(=O)O. The van der Waals surface area contributed by atoms with Crippen LogP contribution in [-0.4, -0.2) is 29.1 Å². The number of carbonyl (C=O) groups is 3. The predicted octanol–water partition coefficient (Wildman–Crippen LogP) is 0.805. The zero-order valence-corrected chi connectivity index (χ0v) is 10.7. The van der Waals surface area contributed by atoms with Crippen LogP contribution in [0.4, 0.5) is 19.3 Å². The summed E-state index contributed by atoms with van der Waals surface area (Å²) in [6, 6.07) is 0.0208. The van der Waals surface area contributed by atoms with Crippen LogP contribution in [0.3, 0.4) is 0 Å². The summed E-state index contributed by atoms with van der Waals surface area (Å²) in [5.74, 6) is -3.87. The lowest BCUT2D eigenvalue weighted by atomic mass is 10.1. The molecule has 1 aromatic rings. The third kappa shape index (κ3) is 5.85. The number of rotatable bonds is 6. The van der Waals surface area contributed by atoms with Gasteiger partial charge in [0.2, 0.25) is 5.91 Å². The van der Waals surface area contributed by atoms with Crippen molar-refractivity contribution in [1.29, 1.82) is 0 Å². The van der Waals surface area contributed by atoms with E-state index in [1.165, 1.54) is 0 Å². The van der Waals surface area contributed by atoms with Crippen LogP contribution in [0.2, 0.25) is 0 Å². The van der Waals surface area contributed by atoms with Crippen LogP contribution in [0, 0.1) is 11.6 Å². The summed E-state index contributed by atoms with van der Waals surface area (Å²) >= 11 is 0. The van der Waals surface area contributed by atoms with E-state index in [0.29, 0.717) is 6.07 Å². The highest BCUT2D eigenvalue weighted by Gasteiger charge is 2.20. The quantitative estimate of drug-likeness (QED) is 0.621. The summed E-state index contributed by atoms with van der Waals surface area (Å²) in [6.45, 7) is 0. The fraction of sp³-hybridized carbons (Fsp3) is 0.250. The molecule has 0 bridgehead atoms. The van der Waals surface area contributed by atoms with E-state index in [1.807, 2.05) is 0 Å². The maximum atomic E-state index is 12.9. The molecule has 0 saturated carbocycles. The van der Waals surface area contributed by atoms with E-state index in [2.05, 4.69) is 10.6 Å². The number of carbonyl (C=O) groups excluding carboxylic acids is 2. The van der Waals surface area contributed by atoms with E-state index in [0.717, 1.165) is 12.1 Å². The Morgan fingerprint density at radius 3 is 2.24 bits per heavy atom. The van der Waals surface area contributed by atoms with Crippen molar-refractivity contribution in [3.63, 3.8) is 0 Å². The molecule has 21 heavy (non-hydrogen) atoms. The number of amides is 3. The van der Waals surface area contributed by atoms with Crippen LogP contribution in [0.25, 0.3) is 0 Å². The second kappa shape index (κ2) is 7.17. The molecule has 0 fully saturated rings. The molecule has 9 heteroatoms. The van der Waals surface area contributed by atoms with Crippen molar-refractivity contribution < 1.29 is 28.3 Å². The number of urea groups is 1. The van der Waals surface area contributed by atoms with E-state index in [9.17, 15) is 23.2 Å². The average molecular weight is 301 g/mol. The van der Waals surface area contributed by atoms with Crippen molar-refractivity contribution in [2.45, 2.75) is 18.9 Å². The normalized spacial score (nSPS) is 11.5. The number of hydrogen-bond donors (Lipinski definition) is 4. The van der Waals surface area contributed by atoms with Gasteiger partial charge in [-0.15, -0.1) is 0 Å². The Balaban J connectivity index is 2.65. The van der Waals surface area contributed by atoms with Crippen molar-refractivity contribution in [3.8, 4) is 0 Å². The number of benzene rings is 1. The van der Waals surface area contributed by atoms with Gasteiger partial charge in [-0.25, -0.2) is 18.4 Å². The highest BCUT2D eigenvalue weighted by Crippen LogP contribution is 2.12. The van der Waals surface area contributed by atoms with Gasteiger partial charge in [0.05, 0.1) is 0 Å². The summed E-state index contributed by atoms with van der Waals surface area (Å²) in [4.78, 5) is 33.0. The van der Waals surface area contributed by atoms with E-state index in [-0.39, 0.29) is 18.5 Å². The first-order valence-electron chi connectivity index (χ1n) is 5.82. The van der Waals surface area contributed by atoms with E-state index in [1.54, 1.807) is 0 Å². The van der Waals surface area contributed by atoms with Gasteiger partial charge in [0.25, 0.3) is 0 Å². The number of primary amides is 1. The van der Waals surface area contributed by atoms with Gasteiger partial charge in [0, 0.05) is 18.2 Å². The number of nitrogens with one attached hydrogen (secondary N) is 2. The number of carboxylic acids is 1.